The third-order valence-corrected chi connectivity index (χ3v) is 4.39. The second-order valence-corrected chi connectivity index (χ2v) is 5.99. The zero-order valence-electron chi connectivity index (χ0n) is 13.8. The van der Waals surface area contributed by atoms with Crippen LogP contribution < -0.4 is 10.2 Å². The highest BCUT2D eigenvalue weighted by Crippen LogP contribution is 2.27. The van der Waals surface area contributed by atoms with Crippen molar-refractivity contribution in [2.24, 2.45) is 0 Å². The number of benzene rings is 2. The monoisotopic (exact) mass is 326 g/mol. The fourth-order valence-electron chi connectivity index (χ4n) is 3.03. The Bertz CT molecular complexity index is 697. The summed E-state index contributed by atoms with van der Waals surface area (Å²) in [6.45, 7) is 4.60. The average molecular weight is 326 g/mol. The number of rotatable bonds is 5. The highest BCUT2D eigenvalue weighted by molar-refractivity contribution is 5.64. The molecule has 0 aliphatic carbocycles. The van der Waals surface area contributed by atoms with Crippen LogP contribution in [0.4, 0.5) is 17.1 Å². The van der Waals surface area contributed by atoms with Gasteiger partial charge < -0.3 is 10.2 Å². The zero-order chi connectivity index (χ0) is 16.9. The predicted octanol–water partition coefficient (Wildman–Crippen LogP) is 2.96. The molecule has 24 heavy (non-hydrogen) atoms. The molecule has 0 amide bonds. The molecule has 0 atom stereocenters. The Labute approximate surface area is 141 Å². The van der Waals surface area contributed by atoms with E-state index in [0.717, 1.165) is 44.1 Å². The predicted molar refractivity (Wildman–Crippen MR) is 96.6 cm³/mol. The number of nitro benzene ring substituents is 1. The highest BCUT2D eigenvalue weighted by Gasteiger charge is 2.19. The van der Waals surface area contributed by atoms with Crippen molar-refractivity contribution < 1.29 is 4.92 Å². The number of hydrogen-bond donors (Lipinski definition) is 1. The second kappa shape index (κ2) is 7.31. The summed E-state index contributed by atoms with van der Waals surface area (Å²) in [5.41, 5.74) is 3.13. The first kappa shape index (κ1) is 16.3. The molecule has 126 valence electrons. The summed E-state index contributed by atoms with van der Waals surface area (Å²) in [5, 5.41) is 14.1. The van der Waals surface area contributed by atoms with Gasteiger partial charge in [-0.25, -0.2) is 0 Å². The molecule has 1 N–H and O–H groups in total. The van der Waals surface area contributed by atoms with Crippen molar-refractivity contribution in [1.29, 1.82) is 0 Å². The summed E-state index contributed by atoms with van der Waals surface area (Å²) in [4.78, 5) is 15.4. The number of nitro groups is 1. The van der Waals surface area contributed by atoms with Crippen LogP contribution in [0.15, 0.2) is 48.5 Å². The minimum Gasteiger partial charge on any atom is -0.388 e. The molecule has 6 nitrogen and oxygen atoms in total. The standard InChI is InChI=1S/C18H22N4O2/c1-19-16-11-17(13-18(12-16)22(23)24)21-9-7-20(8-10-21)14-15-5-3-2-4-6-15/h2-6,11-13,19H,7-10,14H2,1H3. The molecule has 1 heterocycles. The Morgan fingerprint density at radius 1 is 1.08 bits per heavy atom. The van der Waals surface area contributed by atoms with Crippen LogP contribution in [0.3, 0.4) is 0 Å². The van der Waals surface area contributed by atoms with Gasteiger partial charge in [0.25, 0.3) is 5.69 Å². The fourth-order valence-corrected chi connectivity index (χ4v) is 3.03. The lowest BCUT2D eigenvalue weighted by molar-refractivity contribution is -0.384. The number of hydrogen-bond acceptors (Lipinski definition) is 5. The first-order valence-corrected chi connectivity index (χ1v) is 8.14. The molecule has 0 saturated carbocycles. The lowest BCUT2D eigenvalue weighted by Gasteiger charge is -2.36. The van der Waals surface area contributed by atoms with Crippen LogP contribution in [0.5, 0.6) is 0 Å². The van der Waals surface area contributed by atoms with Gasteiger partial charge in [-0.05, 0) is 11.6 Å². The van der Waals surface area contributed by atoms with E-state index >= 15 is 0 Å². The molecule has 0 bridgehead atoms. The topological polar surface area (TPSA) is 61.6 Å². The van der Waals surface area contributed by atoms with Gasteiger partial charge in [-0.15, -0.1) is 0 Å². The van der Waals surface area contributed by atoms with E-state index in [1.54, 1.807) is 19.2 Å². The Kier molecular flexibility index (Phi) is 4.96. The molecule has 6 heteroatoms. The first-order valence-electron chi connectivity index (χ1n) is 8.14. The summed E-state index contributed by atoms with van der Waals surface area (Å²) in [7, 11) is 1.78. The number of anilines is 2. The van der Waals surface area contributed by atoms with Crippen LogP contribution in [0, 0.1) is 10.1 Å². The fraction of sp³-hybridized carbons (Fsp3) is 0.333. The molecular weight excluding hydrogens is 304 g/mol. The second-order valence-electron chi connectivity index (χ2n) is 5.99. The first-order chi connectivity index (χ1) is 11.7. The van der Waals surface area contributed by atoms with Crippen molar-refractivity contribution in [2.45, 2.75) is 6.54 Å². The average Bonchev–Trinajstić information content (AvgIpc) is 2.62. The van der Waals surface area contributed by atoms with Gasteiger partial charge in [-0.3, -0.25) is 15.0 Å². The summed E-state index contributed by atoms with van der Waals surface area (Å²) >= 11 is 0. The van der Waals surface area contributed by atoms with Gasteiger partial charge in [0.15, 0.2) is 0 Å². The molecule has 1 aliphatic rings. The van der Waals surface area contributed by atoms with E-state index in [-0.39, 0.29) is 10.6 Å². The van der Waals surface area contributed by atoms with Crippen LogP contribution in [0.2, 0.25) is 0 Å². The van der Waals surface area contributed by atoms with Gasteiger partial charge in [0.05, 0.1) is 4.92 Å². The van der Waals surface area contributed by atoms with E-state index in [9.17, 15) is 10.1 Å². The summed E-state index contributed by atoms with van der Waals surface area (Å²) in [5.74, 6) is 0. The van der Waals surface area contributed by atoms with Gasteiger partial charge in [0.1, 0.15) is 0 Å². The van der Waals surface area contributed by atoms with Crippen LogP contribution in [-0.2, 0) is 6.54 Å². The van der Waals surface area contributed by atoms with Gasteiger partial charge in [-0.2, -0.15) is 0 Å². The lowest BCUT2D eigenvalue weighted by Crippen LogP contribution is -2.46. The maximum atomic E-state index is 11.1. The number of non-ortho nitro benzene ring substituents is 1. The number of nitrogens with zero attached hydrogens (tertiary/aromatic N) is 3. The molecule has 2 aromatic rings. The van der Waals surface area contributed by atoms with Gasteiger partial charge in [-0.1, -0.05) is 30.3 Å². The van der Waals surface area contributed by atoms with Crippen molar-refractivity contribution in [3.63, 3.8) is 0 Å². The molecule has 2 aromatic carbocycles. The van der Waals surface area contributed by atoms with Gasteiger partial charge in [0.2, 0.25) is 0 Å². The molecule has 1 aliphatic heterocycles. The smallest absolute Gasteiger partial charge is 0.273 e. The summed E-state index contributed by atoms with van der Waals surface area (Å²) in [6, 6.07) is 15.6. The third kappa shape index (κ3) is 3.83. The zero-order valence-corrected chi connectivity index (χ0v) is 13.8. The third-order valence-electron chi connectivity index (χ3n) is 4.39. The lowest BCUT2D eigenvalue weighted by atomic mass is 10.1. The Balaban J connectivity index is 1.66. The SMILES string of the molecule is CNc1cc(N2CCN(Cc3ccccc3)CC2)cc([N+](=O)[O-])c1. The molecule has 0 aromatic heterocycles. The van der Waals surface area contributed by atoms with Crippen molar-refractivity contribution in [2.75, 3.05) is 43.4 Å². The molecule has 0 spiro atoms. The normalized spacial score (nSPS) is 15.3. The van der Waals surface area contributed by atoms with Gasteiger partial charge >= 0.3 is 0 Å². The van der Waals surface area contributed by atoms with Crippen molar-refractivity contribution >= 4 is 17.1 Å². The van der Waals surface area contributed by atoms with Crippen molar-refractivity contribution in [3.05, 3.63) is 64.2 Å². The van der Waals surface area contributed by atoms with Crippen LogP contribution in [0.1, 0.15) is 5.56 Å². The van der Waals surface area contributed by atoms with E-state index in [1.165, 1.54) is 5.56 Å². The van der Waals surface area contributed by atoms with Crippen molar-refractivity contribution in [1.82, 2.24) is 4.90 Å². The van der Waals surface area contributed by atoms with Gasteiger partial charge in [0, 0.05) is 63.3 Å². The molecule has 3 rings (SSSR count). The minimum atomic E-state index is -0.337. The molecular formula is C18H22N4O2. The van der Waals surface area contributed by atoms with E-state index in [2.05, 4.69) is 39.4 Å². The van der Waals surface area contributed by atoms with Crippen LogP contribution >= 0.6 is 0 Å². The largest absolute Gasteiger partial charge is 0.388 e. The molecule has 1 saturated heterocycles. The quantitative estimate of drug-likeness (QED) is 0.676. The molecule has 0 unspecified atom stereocenters. The van der Waals surface area contributed by atoms with E-state index < -0.39 is 0 Å². The molecule has 1 fully saturated rings. The molecule has 0 radical (unpaired) electrons. The van der Waals surface area contributed by atoms with Crippen LogP contribution in [0.25, 0.3) is 0 Å². The minimum absolute atomic E-state index is 0.128. The number of piperazine rings is 1. The highest BCUT2D eigenvalue weighted by atomic mass is 16.6. The Hall–Kier alpha value is -2.60. The van der Waals surface area contributed by atoms with Crippen LogP contribution in [-0.4, -0.2) is 43.0 Å². The Morgan fingerprint density at radius 3 is 2.42 bits per heavy atom. The summed E-state index contributed by atoms with van der Waals surface area (Å²) < 4.78 is 0. The Morgan fingerprint density at radius 2 is 1.79 bits per heavy atom. The maximum Gasteiger partial charge on any atom is 0.273 e. The summed E-state index contributed by atoms with van der Waals surface area (Å²) in [6.07, 6.45) is 0. The van der Waals surface area contributed by atoms with E-state index in [0.29, 0.717) is 0 Å². The van der Waals surface area contributed by atoms with E-state index in [4.69, 9.17) is 0 Å². The maximum absolute atomic E-state index is 11.1. The van der Waals surface area contributed by atoms with E-state index in [1.807, 2.05) is 12.1 Å². The van der Waals surface area contributed by atoms with Crippen molar-refractivity contribution in [3.8, 4) is 0 Å². The number of nitrogens with one attached hydrogen (secondary N) is 1.